The molecule has 2 rings (SSSR count). The van der Waals surface area contributed by atoms with Crippen LogP contribution in [0, 0.1) is 0 Å². The predicted molar refractivity (Wildman–Crippen MR) is 96.7 cm³/mol. The monoisotopic (exact) mass is 368 g/mol. The quantitative estimate of drug-likeness (QED) is 0.688. The fraction of sp³-hybridized carbons (Fsp3) is 0.438. The van der Waals surface area contributed by atoms with E-state index in [0.29, 0.717) is 18.2 Å². The van der Waals surface area contributed by atoms with Crippen molar-refractivity contribution in [3.8, 4) is 0 Å². The molecule has 130 valence electrons. The van der Waals surface area contributed by atoms with E-state index in [2.05, 4.69) is 22.4 Å². The van der Waals surface area contributed by atoms with E-state index in [4.69, 9.17) is 16.3 Å². The number of benzene rings is 1. The fourth-order valence-corrected chi connectivity index (χ4v) is 3.01. The lowest BCUT2D eigenvalue weighted by atomic mass is 10.3. The molecule has 0 bridgehead atoms. The number of rotatable bonds is 9. The number of hydrogen-bond donors (Lipinski definition) is 1. The smallest absolute Gasteiger partial charge is 0.234 e. The topological polar surface area (TPSA) is 69.0 Å². The summed E-state index contributed by atoms with van der Waals surface area (Å²) >= 11 is 7.20. The fourth-order valence-electron chi connectivity index (χ4n) is 2.10. The first-order valence-electron chi connectivity index (χ1n) is 7.73. The molecule has 0 radical (unpaired) electrons. The Balaban J connectivity index is 1.94. The van der Waals surface area contributed by atoms with Gasteiger partial charge in [0.25, 0.3) is 0 Å². The molecular formula is C16H21ClN4O2S. The zero-order chi connectivity index (χ0) is 17.4. The van der Waals surface area contributed by atoms with Crippen LogP contribution in [-0.2, 0) is 22.5 Å². The Labute approximate surface area is 150 Å². The molecule has 0 saturated carbocycles. The van der Waals surface area contributed by atoms with Crippen molar-refractivity contribution in [1.29, 1.82) is 0 Å². The minimum absolute atomic E-state index is 0.0966. The summed E-state index contributed by atoms with van der Waals surface area (Å²) < 4.78 is 7.16. The summed E-state index contributed by atoms with van der Waals surface area (Å²) in [5.41, 5.74) is 0.720. The lowest BCUT2D eigenvalue weighted by molar-refractivity contribution is -0.113. The molecule has 6 nitrogen and oxygen atoms in total. The summed E-state index contributed by atoms with van der Waals surface area (Å²) in [5.74, 6) is 1.09. The average molecular weight is 369 g/mol. The first kappa shape index (κ1) is 18.8. The van der Waals surface area contributed by atoms with E-state index >= 15 is 0 Å². The van der Waals surface area contributed by atoms with E-state index in [1.54, 1.807) is 31.4 Å². The van der Waals surface area contributed by atoms with Crippen LogP contribution in [0.25, 0.3) is 0 Å². The minimum atomic E-state index is -0.0966. The Morgan fingerprint density at radius 1 is 1.33 bits per heavy atom. The van der Waals surface area contributed by atoms with E-state index in [-0.39, 0.29) is 11.7 Å². The van der Waals surface area contributed by atoms with Gasteiger partial charge >= 0.3 is 0 Å². The molecule has 0 unspecified atom stereocenters. The molecule has 0 fully saturated rings. The highest BCUT2D eigenvalue weighted by atomic mass is 35.5. The Kier molecular flexibility index (Phi) is 7.55. The number of ether oxygens (including phenoxy) is 1. The van der Waals surface area contributed by atoms with E-state index < -0.39 is 0 Å². The number of carbonyl (C=O) groups excluding carboxylic acids is 1. The van der Waals surface area contributed by atoms with Crippen molar-refractivity contribution in [3.63, 3.8) is 0 Å². The van der Waals surface area contributed by atoms with Crippen LogP contribution < -0.4 is 5.32 Å². The number of nitrogens with one attached hydrogen (secondary N) is 1. The maximum Gasteiger partial charge on any atom is 0.234 e. The summed E-state index contributed by atoms with van der Waals surface area (Å²) in [7, 11) is 1.66. The zero-order valence-electron chi connectivity index (χ0n) is 13.8. The number of amides is 1. The van der Waals surface area contributed by atoms with Crippen molar-refractivity contribution >= 4 is 35.0 Å². The SMILES string of the molecule is CCCc1nnc(SCC(=O)Nc2ccc(Cl)cc2)n1CCOC. The molecule has 1 aromatic carbocycles. The number of aryl methyl sites for hydroxylation is 1. The number of hydrogen-bond acceptors (Lipinski definition) is 5. The predicted octanol–water partition coefficient (Wildman–Crippen LogP) is 3.26. The van der Waals surface area contributed by atoms with Gasteiger partial charge in [0.15, 0.2) is 5.16 Å². The zero-order valence-corrected chi connectivity index (χ0v) is 15.4. The molecule has 1 heterocycles. The average Bonchev–Trinajstić information content (AvgIpc) is 2.95. The van der Waals surface area contributed by atoms with Gasteiger partial charge in [-0.1, -0.05) is 30.3 Å². The number of thioether (sulfide) groups is 1. The molecule has 24 heavy (non-hydrogen) atoms. The lowest BCUT2D eigenvalue weighted by Gasteiger charge is -2.09. The maximum atomic E-state index is 12.1. The Bertz CT molecular complexity index is 661. The third-order valence-electron chi connectivity index (χ3n) is 3.25. The summed E-state index contributed by atoms with van der Waals surface area (Å²) in [5, 5.41) is 12.6. The molecule has 0 spiro atoms. The van der Waals surface area contributed by atoms with E-state index in [9.17, 15) is 4.79 Å². The highest BCUT2D eigenvalue weighted by Crippen LogP contribution is 2.19. The first-order chi connectivity index (χ1) is 11.6. The molecule has 0 aliphatic heterocycles. The Morgan fingerprint density at radius 3 is 2.75 bits per heavy atom. The van der Waals surface area contributed by atoms with Crippen LogP contribution in [0.1, 0.15) is 19.2 Å². The van der Waals surface area contributed by atoms with E-state index in [1.807, 2.05) is 4.57 Å². The standard InChI is InChI=1S/C16H21ClN4O2S/c1-3-4-14-19-20-16(21(14)9-10-23-2)24-11-15(22)18-13-7-5-12(17)6-8-13/h5-8H,3-4,9-11H2,1-2H3,(H,18,22). The largest absolute Gasteiger partial charge is 0.383 e. The molecule has 0 aliphatic rings. The van der Waals surface area contributed by atoms with Crippen molar-refractivity contribution in [2.45, 2.75) is 31.5 Å². The van der Waals surface area contributed by atoms with Crippen molar-refractivity contribution in [2.75, 3.05) is 24.8 Å². The molecule has 8 heteroatoms. The number of aromatic nitrogens is 3. The van der Waals surface area contributed by atoms with Gasteiger partial charge in [-0.25, -0.2) is 0 Å². The summed E-state index contributed by atoms with van der Waals surface area (Å²) in [6.07, 6.45) is 1.85. The van der Waals surface area contributed by atoms with Gasteiger partial charge in [-0.3, -0.25) is 4.79 Å². The highest BCUT2D eigenvalue weighted by Gasteiger charge is 2.13. The number of halogens is 1. The summed E-state index contributed by atoms with van der Waals surface area (Å²) in [6, 6.07) is 7.02. The van der Waals surface area contributed by atoms with Crippen LogP contribution in [0.5, 0.6) is 0 Å². The third kappa shape index (κ3) is 5.51. The highest BCUT2D eigenvalue weighted by molar-refractivity contribution is 7.99. The minimum Gasteiger partial charge on any atom is -0.383 e. The van der Waals surface area contributed by atoms with Gasteiger partial charge < -0.3 is 14.6 Å². The molecule has 1 amide bonds. The number of anilines is 1. The molecule has 1 N–H and O–H groups in total. The van der Waals surface area contributed by atoms with Gasteiger partial charge in [-0.05, 0) is 30.7 Å². The van der Waals surface area contributed by atoms with Crippen molar-refractivity contribution in [2.24, 2.45) is 0 Å². The number of carbonyl (C=O) groups is 1. The Morgan fingerprint density at radius 2 is 2.08 bits per heavy atom. The van der Waals surface area contributed by atoms with Crippen molar-refractivity contribution in [3.05, 3.63) is 35.1 Å². The molecule has 0 saturated heterocycles. The molecule has 2 aromatic rings. The summed E-state index contributed by atoms with van der Waals surface area (Å²) in [4.78, 5) is 12.1. The van der Waals surface area contributed by atoms with E-state index in [0.717, 1.165) is 29.5 Å². The van der Waals surface area contributed by atoms with Crippen LogP contribution in [0.3, 0.4) is 0 Å². The van der Waals surface area contributed by atoms with Crippen LogP contribution in [-0.4, -0.2) is 40.1 Å². The van der Waals surface area contributed by atoms with Crippen molar-refractivity contribution in [1.82, 2.24) is 14.8 Å². The first-order valence-corrected chi connectivity index (χ1v) is 9.09. The van der Waals surface area contributed by atoms with Gasteiger partial charge in [0.05, 0.1) is 12.4 Å². The molecular weight excluding hydrogens is 348 g/mol. The molecule has 1 aromatic heterocycles. The van der Waals surface area contributed by atoms with Crippen LogP contribution in [0.15, 0.2) is 29.4 Å². The Hall–Kier alpha value is -1.57. The normalized spacial score (nSPS) is 10.8. The molecule has 0 aliphatic carbocycles. The third-order valence-corrected chi connectivity index (χ3v) is 4.47. The van der Waals surface area contributed by atoms with Gasteiger partial charge in [0.2, 0.25) is 5.91 Å². The second-order valence-electron chi connectivity index (χ2n) is 5.14. The van der Waals surface area contributed by atoms with E-state index in [1.165, 1.54) is 11.8 Å². The van der Waals surface area contributed by atoms with Crippen LogP contribution in [0.2, 0.25) is 5.02 Å². The van der Waals surface area contributed by atoms with Crippen molar-refractivity contribution < 1.29 is 9.53 Å². The number of methoxy groups -OCH3 is 1. The second kappa shape index (κ2) is 9.66. The molecule has 0 atom stereocenters. The second-order valence-corrected chi connectivity index (χ2v) is 6.52. The lowest BCUT2D eigenvalue weighted by Crippen LogP contribution is -2.15. The van der Waals surface area contributed by atoms with Gasteiger partial charge in [0.1, 0.15) is 5.82 Å². The maximum absolute atomic E-state index is 12.1. The van der Waals surface area contributed by atoms with Crippen LogP contribution >= 0.6 is 23.4 Å². The number of nitrogens with zero attached hydrogens (tertiary/aromatic N) is 3. The van der Waals surface area contributed by atoms with Gasteiger partial charge in [-0.15, -0.1) is 10.2 Å². The van der Waals surface area contributed by atoms with Gasteiger partial charge in [0, 0.05) is 30.8 Å². The summed E-state index contributed by atoms with van der Waals surface area (Å²) in [6.45, 7) is 3.36. The van der Waals surface area contributed by atoms with Crippen LogP contribution in [0.4, 0.5) is 5.69 Å². The van der Waals surface area contributed by atoms with Gasteiger partial charge in [-0.2, -0.15) is 0 Å².